The number of piperazine rings is 1. The molecule has 1 aliphatic heterocycles. The first-order valence-corrected chi connectivity index (χ1v) is 6.32. The van der Waals surface area contributed by atoms with Gasteiger partial charge < -0.3 is 4.90 Å². The average Bonchev–Trinajstić information content (AvgIpc) is 2.15. The zero-order valence-electron chi connectivity index (χ0n) is 8.27. The Morgan fingerprint density at radius 2 is 1.79 bits per heavy atom. The van der Waals surface area contributed by atoms with Crippen molar-refractivity contribution in [3.05, 3.63) is 6.92 Å². The number of rotatable bonds is 2. The Morgan fingerprint density at radius 1 is 1.29 bits per heavy atom. The molecule has 1 saturated heterocycles. The fraction of sp³-hybridized carbons (Fsp3) is 0.750. The van der Waals surface area contributed by atoms with Gasteiger partial charge in [-0.25, -0.2) is 8.42 Å². The molecule has 1 radical (unpaired) electrons. The molecule has 0 spiro atoms. The second kappa shape index (κ2) is 4.27. The summed E-state index contributed by atoms with van der Waals surface area (Å²) >= 11 is 0. The molecule has 1 heterocycles. The van der Waals surface area contributed by atoms with Gasteiger partial charge in [0.15, 0.2) is 0 Å². The highest BCUT2D eigenvalue weighted by Gasteiger charge is 2.24. The Balaban J connectivity index is 2.51. The summed E-state index contributed by atoms with van der Waals surface area (Å²) in [6.07, 6.45) is 1.42. The largest absolute Gasteiger partial charge is 0.340 e. The zero-order valence-corrected chi connectivity index (χ0v) is 9.09. The monoisotopic (exact) mass is 219 g/mol. The lowest BCUT2D eigenvalue weighted by molar-refractivity contribution is -0.131. The highest BCUT2D eigenvalue weighted by molar-refractivity contribution is 7.88. The third kappa shape index (κ3) is 2.68. The van der Waals surface area contributed by atoms with E-state index in [1.807, 2.05) is 0 Å². The Labute approximate surface area is 84.7 Å². The van der Waals surface area contributed by atoms with Gasteiger partial charge in [0.2, 0.25) is 15.9 Å². The first kappa shape index (κ1) is 11.5. The number of sulfonamides is 1. The van der Waals surface area contributed by atoms with Crippen molar-refractivity contribution < 1.29 is 13.2 Å². The van der Waals surface area contributed by atoms with E-state index in [4.69, 9.17) is 0 Å². The molecule has 1 fully saturated rings. The van der Waals surface area contributed by atoms with Crippen LogP contribution in [0.4, 0.5) is 0 Å². The predicted molar refractivity (Wildman–Crippen MR) is 53.0 cm³/mol. The van der Waals surface area contributed by atoms with Gasteiger partial charge in [0, 0.05) is 32.6 Å². The van der Waals surface area contributed by atoms with Crippen molar-refractivity contribution in [1.29, 1.82) is 0 Å². The molecule has 0 N–H and O–H groups in total. The van der Waals surface area contributed by atoms with Gasteiger partial charge >= 0.3 is 0 Å². The van der Waals surface area contributed by atoms with Crippen LogP contribution in [0.2, 0.25) is 0 Å². The number of amides is 1. The summed E-state index contributed by atoms with van der Waals surface area (Å²) < 4.78 is 23.7. The molecular weight excluding hydrogens is 204 g/mol. The predicted octanol–water partition coefficient (Wildman–Crippen LogP) is -0.686. The second-order valence-corrected chi connectivity index (χ2v) is 5.28. The number of hydrogen-bond donors (Lipinski definition) is 0. The molecule has 0 saturated carbocycles. The summed E-state index contributed by atoms with van der Waals surface area (Å²) in [5.41, 5.74) is 0. The molecule has 6 heteroatoms. The maximum absolute atomic E-state index is 11.2. The molecule has 0 aromatic heterocycles. The Kier molecular flexibility index (Phi) is 3.49. The minimum Gasteiger partial charge on any atom is -0.340 e. The molecule has 0 aromatic rings. The maximum atomic E-state index is 11.2. The molecule has 14 heavy (non-hydrogen) atoms. The Hall–Kier alpha value is -0.620. The molecule has 0 aromatic carbocycles. The topological polar surface area (TPSA) is 57.7 Å². The first-order valence-electron chi connectivity index (χ1n) is 4.47. The zero-order chi connectivity index (χ0) is 10.8. The van der Waals surface area contributed by atoms with E-state index >= 15 is 0 Å². The summed E-state index contributed by atoms with van der Waals surface area (Å²) in [5.74, 6) is -0.0156. The molecule has 0 unspecified atom stereocenters. The SMILES string of the molecule is [CH2]CC(=O)N1CCN(S(C)(=O)=O)CC1. The summed E-state index contributed by atoms with van der Waals surface area (Å²) in [5, 5.41) is 0. The quantitative estimate of drug-likeness (QED) is 0.618. The van der Waals surface area contributed by atoms with Gasteiger partial charge in [-0.1, -0.05) is 0 Å². The molecule has 0 atom stereocenters. The normalized spacial score (nSPS) is 19.7. The van der Waals surface area contributed by atoms with Crippen LogP contribution in [0.25, 0.3) is 0 Å². The highest BCUT2D eigenvalue weighted by atomic mass is 32.2. The van der Waals surface area contributed by atoms with E-state index in [0.717, 1.165) is 0 Å². The minimum atomic E-state index is -3.10. The van der Waals surface area contributed by atoms with Gasteiger partial charge in [-0.05, 0) is 6.92 Å². The molecule has 1 aliphatic rings. The lowest BCUT2D eigenvalue weighted by Crippen LogP contribution is -2.50. The van der Waals surface area contributed by atoms with Crippen LogP contribution in [0.5, 0.6) is 0 Å². The number of nitrogens with zero attached hydrogens (tertiary/aromatic N) is 2. The molecule has 1 amide bonds. The number of carbonyl (C=O) groups excluding carboxylic acids is 1. The molecular formula is C8H15N2O3S. The van der Waals surface area contributed by atoms with Crippen LogP contribution < -0.4 is 0 Å². The van der Waals surface area contributed by atoms with Crippen LogP contribution in [0.3, 0.4) is 0 Å². The van der Waals surface area contributed by atoms with Crippen LogP contribution in [0.15, 0.2) is 0 Å². The van der Waals surface area contributed by atoms with E-state index in [2.05, 4.69) is 6.92 Å². The Bertz CT molecular complexity index is 305. The molecule has 5 nitrogen and oxygen atoms in total. The van der Waals surface area contributed by atoms with Crippen LogP contribution in [-0.4, -0.2) is 56.0 Å². The van der Waals surface area contributed by atoms with E-state index in [9.17, 15) is 13.2 Å². The van der Waals surface area contributed by atoms with Crippen molar-refractivity contribution >= 4 is 15.9 Å². The van der Waals surface area contributed by atoms with Crippen molar-refractivity contribution in [3.63, 3.8) is 0 Å². The average molecular weight is 219 g/mol. The fourth-order valence-corrected chi connectivity index (χ4v) is 2.25. The van der Waals surface area contributed by atoms with E-state index in [1.54, 1.807) is 4.90 Å². The van der Waals surface area contributed by atoms with Crippen molar-refractivity contribution in [3.8, 4) is 0 Å². The van der Waals surface area contributed by atoms with Crippen molar-refractivity contribution in [2.24, 2.45) is 0 Å². The number of hydrogen-bond acceptors (Lipinski definition) is 3. The molecule has 81 valence electrons. The van der Waals surface area contributed by atoms with Gasteiger partial charge in [0.1, 0.15) is 0 Å². The second-order valence-electron chi connectivity index (χ2n) is 3.29. The smallest absolute Gasteiger partial charge is 0.222 e. The van der Waals surface area contributed by atoms with Gasteiger partial charge in [0.05, 0.1) is 6.26 Å². The summed E-state index contributed by atoms with van der Waals surface area (Å²) in [6, 6.07) is 0. The molecule has 0 bridgehead atoms. The van der Waals surface area contributed by atoms with E-state index < -0.39 is 10.0 Å². The maximum Gasteiger partial charge on any atom is 0.222 e. The standard InChI is InChI=1S/C8H15N2O3S/c1-3-8(11)9-4-6-10(7-5-9)14(2,12)13/h1,3-7H2,2H3. The summed E-state index contributed by atoms with van der Waals surface area (Å²) in [4.78, 5) is 12.9. The van der Waals surface area contributed by atoms with Crippen LogP contribution in [-0.2, 0) is 14.8 Å². The lowest BCUT2D eigenvalue weighted by Gasteiger charge is -2.33. The van der Waals surface area contributed by atoms with Gasteiger partial charge in [-0.2, -0.15) is 4.31 Å². The fourth-order valence-electron chi connectivity index (χ4n) is 1.43. The van der Waals surface area contributed by atoms with Crippen LogP contribution >= 0.6 is 0 Å². The molecule has 0 aliphatic carbocycles. The lowest BCUT2D eigenvalue weighted by atomic mass is 10.3. The first-order chi connectivity index (χ1) is 6.45. The summed E-state index contributed by atoms with van der Waals surface area (Å²) in [7, 11) is -3.10. The van der Waals surface area contributed by atoms with Gasteiger partial charge in [-0.15, -0.1) is 0 Å². The van der Waals surface area contributed by atoms with Gasteiger partial charge in [0.25, 0.3) is 0 Å². The highest BCUT2D eigenvalue weighted by Crippen LogP contribution is 2.06. The summed E-state index contributed by atoms with van der Waals surface area (Å²) in [6.45, 7) is 5.24. The van der Waals surface area contributed by atoms with E-state index in [0.29, 0.717) is 26.2 Å². The number of carbonyl (C=O) groups is 1. The van der Waals surface area contributed by atoms with E-state index in [-0.39, 0.29) is 12.3 Å². The van der Waals surface area contributed by atoms with Crippen LogP contribution in [0, 0.1) is 6.92 Å². The van der Waals surface area contributed by atoms with Crippen molar-refractivity contribution in [2.45, 2.75) is 6.42 Å². The van der Waals surface area contributed by atoms with Gasteiger partial charge in [-0.3, -0.25) is 4.79 Å². The van der Waals surface area contributed by atoms with Crippen LogP contribution in [0.1, 0.15) is 6.42 Å². The molecule has 1 rings (SSSR count). The Morgan fingerprint density at radius 3 is 2.14 bits per heavy atom. The van der Waals surface area contributed by atoms with Crippen molar-refractivity contribution in [1.82, 2.24) is 9.21 Å². The third-order valence-corrected chi connectivity index (χ3v) is 3.58. The minimum absolute atomic E-state index is 0.0156. The van der Waals surface area contributed by atoms with E-state index in [1.165, 1.54) is 10.6 Å². The third-order valence-electron chi connectivity index (χ3n) is 2.27. The van der Waals surface area contributed by atoms with Crippen molar-refractivity contribution in [2.75, 3.05) is 32.4 Å².